The molecule has 2 saturated heterocycles. The summed E-state index contributed by atoms with van der Waals surface area (Å²) in [6.45, 7) is 5.82. The third-order valence-corrected chi connectivity index (χ3v) is 4.84. The first-order chi connectivity index (χ1) is 12.0. The van der Waals surface area contributed by atoms with Crippen LogP contribution in [-0.4, -0.2) is 68.4 Å². The van der Waals surface area contributed by atoms with Gasteiger partial charge in [-0.15, -0.1) is 0 Å². The van der Waals surface area contributed by atoms with Crippen molar-refractivity contribution < 1.29 is 9.73 Å². The van der Waals surface area contributed by atoms with Crippen LogP contribution in [0, 0.1) is 6.92 Å². The van der Waals surface area contributed by atoms with Crippen LogP contribution < -0.4 is 10.2 Å². The van der Waals surface area contributed by atoms with Crippen molar-refractivity contribution in [1.82, 2.24) is 4.90 Å². The van der Waals surface area contributed by atoms with Crippen LogP contribution >= 0.6 is 0 Å². The minimum atomic E-state index is -0.899. The number of guanidine groups is 1. The first-order valence-electron chi connectivity index (χ1n) is 8.56. The van der Waals surface area contributed by atoms with Crippen molar-refractivity contribution in [1.29, 1.82) is 0 Å². The minimum absolute atomic E-state index is 0.205. The normalized spacial score (nSPS) is 23.4. The molecule has 2 aliphatic rings. The molecule has 25 heavy (non-hydrogen) atoms. The molecule has 0 radical (unpaired) electrons. The van der Waals surface area contributed by atoms with E-state index in [1.54, 1.807) is 0 Å². The Hall–Kier alpha value is -1.99. The molecule has 9 heteroatoms. The summed E-state index contributed by atoms with van der Waals surface area (Å²) in [5, 5.41) is 12.5. The summed E-state index contributed by atoms with van der Waals surface area (Å²) < 4.78 is 10.5. The zero-order chi connectivity index (χ0) is 18.0. The Morgan fingerprint density at radius 3 is 2.80 bits per heavy atom. The molecule has 1 aromatic carbocycles. The molecule has 0 amide bonds. The molecule has 2 aliphatic heterocycles. The van der Waals surface area contributed by atoms with E-state index in [0.717, 1.165) is 24.9 Å². The molecule has 0 saturated carbocycles. The van der Waals surface area contributed by atoms with E-state index in [2.05, 4.69) is 45.1 Å². The van der Waals surface area contributed by atoms with Gasteiger partial charge in [-0.25, -0.2) is 0 Å². The summed E-state index contributed by atoms with van der Waals surface area (Å²) in [6, 6.07) is 7.38. The van der Waals surface area contributed by atoms with Crippen LogP contribution in [-0.2, 0) is 4.70 Å². The number of benzene rings is 1. The van der Waals surface area contributed by atoms with Crippen LogP contribution in [0.1, 0.15) is 12.0 Å². The molecule has 0 spiro atoms. The quantitative estimate of drug-likeness (QED) is 0.483. The van der Waals surface area contributed by atoms with Gasteiger partial charge in [0, 0.05) is 0 Å². The third kappa shape index (κ3) is 3.99. The van der Waals surface area contributed by atoms with E-state index in [-0.39, 0.29) is 5.96 Å². The SMILES string of the molecule is CB(O)/N=C(\N=C/B=O)Nc1ccc(N2CC3CC2CN3C)c(C)c1. The number of aliphatic imine (C=N–C) groups is 1. The Balaban J connectivity index is 1.76. The van der Waals surface area contributed by atoms with E-state index in [1.807, 2.05) is 12.1 Å². The maximum absolute atomic E-state index is 10.5. The van der Waals surface area contributed by atoms with E-state index >= 15 is 0 Å². The number of hydrogen-bond acceptors (Lipinski definition) is 5. The van der Waals surface area contributed by atoms with Gasteiger partial charge in [0.1, 0.15) is 0 Å². The zero-order valence-corrected chi connectivity index (χ0v) is 14.9. The van der Waals surface area contributed by atoms with E-state index in [0.29, 0.717) is 19.2 Å². The van der Waals surface area contributed by atoms with Crippen molar-refractivity contribution in [2.24, 2.45) is 9.90 Å². The average Bonchev–Trinajstić information content (AvgIpc) is 3.11. The Morgan fingerprint density at radius 2 is 2.24 bits per heavy atom. The molecule has 7 nitrogen and oxygen atoms in total. The van der Waals surface area contributed by atoms with E-state index in [4.69, 9.17) is 0 Å². The number of piperazine rings is 1. The van der Waals surface area contributed by atoms with Crippen molar-refractivity contribution >= 4 is 37.6 Å². The van der Waals surface area contributed by atoms with Crippen LogP contribution in [0.3, 0.4) is 0 Å². The fourth-order valence-electron chi connectivity index (χ4n) is 3.72. The molecule has 130 valence electrons. The number of rotatable bonds is 4. The molecule has 2 bridgehead atoms. The number of likely N-dealkylation sites (N-methyl/N-ethyl adjacent to an activating group) is 1. The molecular formula is C16H23B2N5O2. The molecule has 2 atom stereocenters. The van der Waals surface area contributed by atoms with Gasteiger partial charge >= 0.3 is 141 Å². The van der Waals surface area contributed by atoms with Crippen molar-refractivity contribution in [2.75, 3.05) is 30.4 Å². The molecular weight excluding hydrogens is 316 g/mol. The summed E-state index contributed by atoms with van der Waals surface area (Å²) in [4.78, 5) is 12.8. The second kappa shape index (κ2) is 7.49. The average molecular weight is 339 g/mol. The van der Waals surface area contributed by atoms with Crippen LogP contribution in [0.15, 0.2) is 28.1 Å². The predicted octanol–water partition coefficient (Wildman–Crippen LogP) is 0.844. The molecule has 2 fully saturated rings. The first-order valence-corrected chi connectivity index (χ1v) is 8.56. The number of anilines is 2. The van der Waals surface area contributed by atoms with Gasteiger partial charge in [0.25, 0.3) is 0 Å². The maximum atomic E-state index is 10.5. The summed E-state index contributed by atoms with van der Waals surface area (Å²) in [6.07, 6.45) is 2.34. The predicted molar refractivity (Wildman–Crippen MR) is 103 cm³/mol. The Labute approximate surface area is 149 Å². The van der Waals surface area contributed by atoms with Crippen LogP contribution in [0.25, 0.3) is 0 Å². The van der Waals surface area contributed by atoms with Crippen molar-refractivity contribution in [2.45, 2.75) is 32.3 Å². The van der Waals surface area contributed by atoms with Gasteiger partial charge in [0.2, 0.25) is 0 Å². The molecule has 2 heterocycles. The fourth-order valence-corrected chi connectivity index (χ4v) is 3.72. The second-order valence-corrected chi connectivity index (χ2v) is 6.76. The standard InChI is InChI=1S/C16H23B2N5O2/c1-11-6-12(20-16(19-10-17-24)21-18(2)25)4-5-15(11)23-9-13-7-14(23)8-22(13)3/h4-6,10,13-14,25H,7-9H2,1-3H3,(H,20,21)/b19-10-. The zero-order valence-electron chi connectivity index (χ0n) is 14.9. The third-order valence-electron chi connectivity index (χ3n) is 4.84. The molecule has 2 N–H and O–H groups in total. The monoisotopic (exact) mass is 339 g/mol. The Bertz CT molecular complexity index is 708. The number of aryl methyl sites for hydroxylation is 1. The summed E-state index contributed by atoms with van der Waals surface area (Å²) >= 11 is 0. The van der Waals surface area contributed by atoms with Gasteiger partial charge < -0.3 is 0 Å². The van der Waals surface area contributed by atoms with Crippen molar-refractivity contribution in [3.63, 3.8) is 0 Å². The van der Waals surface area contributed by atoms with Gasteiger partial charge in [0.05, 0.1) is 0 Å². The molecule has 0 aromatic heterocycles. The molecule has 0 aliphatic carbocycles. The number of likely N-dealkylation sites (tertiary alicyclic amines) is 1. The van der Waals surface area contributed by atoms with Gasteiger partial charge in [-0.05, 0) is 7.05 Å². The summed E-state index contributed by atoms with van der Waals surface area (Å²) in [5.41, 5.74) is 3.26. The topological polar surface area (TPSA) is 80.5 Å². The van der Waals surface area contributed by atoms with Crippen molar-refractivity contribution in [3.8, 4) is 0 Å². The second-order valence-electron chi connectivity index (χ2n) is 6.76. The fraction of sp³-hybridized carbons (Fsp3) is 0.500. The van der Waals surface area contributed by atoms with Crippen LogP contribution in [0.5, 0.6) is 0 Å². The van der Waals surface area contributed by atoms with Crippen molar-refractivity contribution in [3.05, 3.63) is 23.8 Å². The number of nitrogens with zero attached hydrogens (tertiary/aromatic N) is 4. The number of hydrogen-bond donors (Lipinski definition) is 2. The number of nitrogens with one attached hydrogen (secondary N) is 1. The van der Waals surface area contributed by atoms with Gasteiger partial charge in [-0.3, -0.25) is 0 Å². The van der Waals surface area contributed by atoms with Crippen LogP contribution in [0.2, 0.25) is 6.82 Å². The first kappa shape index (κ1) is 17.8. The van der Waals surface area contributed by atoms with Gasteiger partial charge in [0.15, 0.2) is 0 Å². The van der Waals surface area contributed by atoms with Gasteiger partial charge in [-0.2, -0.15) is 0 Å². The molecule has 1 aromatic rings. The van der Waals surface area contributed by atoms with E-state index in [1.165, 1.54) is 24.5 Å². The summed E-state index contributed by atoms with van der Waals surface area (Å²) in [5.74, 6) is 0.205. The van der Waals surface area contributed by atoms with Crippen LogP contribution in [0.4, 0.5) is 11.4 Å². The Kier molecular flexibility index (Phi) is 5.34. The molecule has 2 unspecified atom stereocenters. The van der Waals surface area contributed by atoms with Gasteiger partial charge in [-0.1, -0.05) is 0 Å². The van der Waals surface area contributed by atoms with E-state index < -0.39 is 7.05 Å². The Morgan fingerprint density at radius 1 is 1.44 bits per heavy atom. The summed E-state index contributed by atoms with van der Waals surface area (Å²) in [7, 11) is 1.88. The molecule has 3 rings (SSSR count). The van der Waals surface area contributed by atoms with E-state index in [9.17, 15) is 9.73 Å². The number of fused-ring (bicyclic) bond motifs is 2.